The van der Waals surface area contributed by atoms with Gasteiger partial charge >= 0.3 is 5.97 Å². The van der Waals surface area contributed by atoms with Crippen LogP contribution >= 0.6 is 0 Å². The first-order valence-electron chi connectivity index (χ1n) is 9.36. The second kappa shape index (κ2) is 8.10. The molecule has 4 aromatic rings. The summed E-state index contributed by atoms with van der Waals surface area (Å²) in [4.78, 5) is 29.7. The lowest BCUT2D eigenvalue weighted by molar-refractivity contribution is -0.142. The van der Waals surface area contributed by atoms with Crippen molar-refractivity contribution in [3.05, 3.63) is 90.1 Å². The lowest BCUT2D eigenvalue weighted by Gasteiger charge is -2.17. The number of para-hydroxylation sites is 1. The van der Waals surface area contributed by atoms with Crippen LogP contribution in [-0.4, -0.2) is 30.0 Å². The van der Waals surface area contributed by atoms with Crippen molar-refractivity contribution >= 4 is 33.6 Å². The Morgan fingerprint density at radius 2 is 1.59 bits per heavy atom. The summed E-state index contributed by atoms with van der Waals surface area (Å²) in [6.45, 7) is 0. The van der Waals surface area contributed by atoms with E-state index in [1.807, 2.05) is 72.8 Å². The number of amides is 1. The molecule has 3 aromatic carbocycles. The van der Waals surface area contributed by atoms with Crippen LogP contribution < -0.4 is 5.32 Å². The quantitative estimate of drug-likeness (QED) is 0.530. The van der Waals surface area contributed by atoms with Gasteiger partial charge in [0.1, 0.15) is 6.04 Å². The van der Waals surface area contributed by atoms with Crippen molar-refractivity contribution < 1.29 is 14.3 Å². The van der Waals surface area contributed by atoms with Crippen molar-refractivity contribution in [2.45, 2.75) is 12.5 Å². The lowest BCUT2D eigenvalue weighted by Crippen LogP contribution is -2.43. The highest BCUT2D eigenvalue weighted by molar-refractivity contribution is 6.00. The van der Waals surface area contributed by atoms with E-state index in [-0.39, 0.29) is 12.3 Å². The molecule has 1 N–H and O–H groups in total. The van der Waals surface area contributed by atoms with Gasteiger partial charge in [-0.3, -0.25) is 9.78 Å². The summed E-state index contributed by atoms with van der Waals surface area (Å²) in [6, 6.07) is 24.0. The molecule has 0 saturated carbocycles. The monoisotopic (exact) mass is 384 g/mol. The van der Waals surface area contributed by atoms with Crippen molar-refractivity contribution in [1.82, 2.24) is 10.3 Å². The van der Waals surface area contributed by atoms with Crippen molar-refractivity contribution in [3.63, 3.8) is 0 Å². The van der Waals surface area contributed by atoms with Crippen LogP contribution in [0, 0.1) is 0 Å². The van der Waals surface area contributed by atoms with Gasteiger partial charge in [0.15, 0.2) is 0 Å². The summed E-state index contributed by atoms with van der Waals surface area (Å²) in [5, 5.41) is 5.83. The molecule has 0 saturated heterocycles. The summed E-state index contributed by atoms with van der Waals surface area (Å²) in [5.74, 6) is -0.832. The minimum absolute atomic E-state index is 0.247. The molecule has 0 aliphatic carbocycles. The molecule has 0 unspecified atom stereocenters. The normalized spacial score (nSPS) is 11.9. The van der Waals surface area contributed by atoms with Crippen LogP contribution in [0.25, 0.3) is 21.7 Å². The Morgan fingerprint density at radius 3 is 2.38 bits per heavy atom. The van der Waals surface area contributed by atoms with E-state index in [0.29, 0.717) is 11.3 Å². The number of benzene rings is 3. The van der Waals surface area contributed by atoms with Crippen LogP contribution in [0.15, 0.2) is 78.9 Å². The first kappa shape index (κ1) is 18.6. The maximum atomic E-state index is 12.8. The maximum Gasteiger partial charge on any atom is 0.328 e. The summed E-state index contributed by atoms with van der Waals surface area (Å²) in [5.41, 5.74) is 2.04. The lowest BCUT2D eigenvalue weighted by atomic mass is 10.1. The Morgan fingerprint density at radius 1 is 0.897 bits per heavy atom. The van der Waals surface area contributed by atoms with Gasteiger partial charge in [0.05, 0.1) is 12.6 Å². The van der Waals surface area contributed by atoms with E-state index in [1.165, 1.54) is 7.11 Å². The van der Waals surface area contributed by atoms with Crippen LogP contribution in [0.1, 0.15) is 16.1 Å². The summed E-state index contributed by atoms with van der Waals surface area (Å²) < 4.78 is 4.90. The zero-order chi connectivity index (χ0) is 20.2. The van der Waals surface area contributed by atoms with Crippen molar-refractivity contribution in [2.75, 3.05) is 7.11 Å². The zero-order valence-corrected chi connectivity index (χ0v) is 16.0. The van der Waals surface area contributed by atoms with Gasteiger partial charge in [0.2, 0.25) is 0 Å². The number of carbonyl (C=O) groups is 2. The number of carbonyl (C=O) groups excluding carboxylic acids is 2. The number of fused-ring (bicyclic) bond motifs is 2. The fraction of sp³-hybridized carbons (Fsp3) is 0.125. The number of pyridine rings is 1. The maximum absolute atomic E-state index is 12.8. The number of rotatable bonds is 5. The van der Waals surface area contributed by atoms with Gasteiger partial charge in [0.25, 0.3) is 5.91 Å². The van der Waals surface area contributed by atoms with Crippen molar-refractivity contribution in [3.8, 4) is 0 Å². The molecule has 5 heteroatoms. The van der Waals surface area contributed by atoms with E-state index in [9.17, 15) is 9.59 Å². The standard InChI is InChI=1S/C24H20N2O3/c1-29-24(28)22(15-20-13-12-17-7-4-5-9-21(17)25-20)26-23(27)19-11-10-16-6-2-3-8-18(16)14-19/h2-14,22H,15H2,1H3,(H,26,27)/t22-/m0/s1. The second-order valence-electron chi connectivity index (χ2n) is 6.81. The number of methoxy groups -OCH3 is 1. The number of nitrogens with zero attached hydrogens (tertiary/aromatic N) is 1. The summed E-state index contributed by atoms with van der Waals surface area (Å²) in [7, 11) is 1.31. The molecule has 1 atom stereocenters. The third kappa shape index (κ3) is 4.09. The molecule has 1 amide bonds. The van der Waals surface area contributed by atoms with E-state index >= 15 is 0 Å². The predicted molar refractivity (Wildman–Crippen MR) is 113 cm³/mol. The number of ether oxygens (including phenoxy) is 1. The topological polar surface area (TPSA) is 68.3 Å². The molecule has 1 heterocycles. The third-order valence-electron chi connectivity index (χ3n) is 4.87. The predicted octanol–water partition coefficient (Wildman–Crippen LogP) is 3.90. The number of hydrogen-bond donors (Lipinski definition) is 1. The van der Waals surface area contributed by atoms with E-state index in [2.05, 4.69) is 10.3 Å². The van der Waals surface area contributed by atoms with Gasteiger partial charge in [0, 0.05) is 23.1 Å². The van der Waals surface area contributed by atoms with Gasteiger partial charge in [-0.25, -0.2) is 4.79 Å². The van der Waals surface area contributed by atoms with Gasteiger partial charge in [-0.2, -0.15) is 0 Å². The molecule has 5 nitrogen and oxygen atoms in total. The highest BCUT2D eigenvalue weighted by atomic mass is 16.5. The number of hydrogen-bond acceptors (Lipinski definition) is 4. The second-order valence-corrected chi connectivity index (χ2v) is 6.81. The molecule has 1 aromatic heterocycles. The minimum atomic E-state index is -0.826. The van der Waals surface area contributed by atoms with Crippen LogP contribution in [0.3, 0.4) is 0 Å². The van der Waals surface area contributed by atoms with Gasteiger partial charge in [-0.15, -0.1) is 0 Å². The Kier molecular flexibility index (Phi) is 5.20. The Hall–Kier alpha value is -3.73. The van der Waals surface area contributed by atoms with Gasteiger partial charge in [-0.1, -0.05) is 54.6 Å². The SMILES string of the molecule is COC(=O)[C@H](Cc1ccc2ccccc2n1)NC(=O)c1ccc2ccccc2c1. The number of esters is 1. The fourth-order valence-corrected chi connectivity index (χ4v) is 3.34. The summed E-state index contributed by atoms with van der Waals surface area (Å²) in [6.07, 6.45) is 0.247. The first-order chi connectivity index (χ1) is 14.1. The summed E-state index contributed by atoms with van der Waals surface area (Å²) >= 11 is 0. The van der Waals surface area contributed by atoms with E-state index in [0.717, 1.165) is 21.7 Å². The largest absolute Gasteiger partial charge is 0.467 e. The number of nitrogens with one attached hydrogen (secondary N) is 1. The van der Waals surface area contributed by atoms with Crippen molar-refractivity contribution in [1.29, 1.82) is 0 Å². The molecular formula is C24H20N2O3. The average Bonchev–Trinajstić information content (AvgIpc) is 2.77. The fourth-order valence-electron chi connectivity index (χ4n) is 3.34. The highest BCUT2D eigenvalue weighted by Gasteiger charge is 2.23. The molecule has 29 heavy (non-hydrogen) atoms. The molecule has 4 rings (SSSR count). The van der Waals surface area contributed by atoms with Gasteiger partial charge < -0.3 is 10.1 Å². The van der Waals surface area contributed by atoms with Crippen LogP contribution in [-0.2, 0) is 16.0 Å². The van der Waals surface area contributed by atoms with E-state index < -0.39 is 12.0 Å². The Bertz CT molecular complexity index is 1200. The smallest absolute Gasteiger partial charge is 0.328 e. The molecule has 0 aliphatic rings. The Balaban J connectivity index is 1.57. The van der Waals surface area contributed by atoms with Crippen LogP contribution in [0.2, 0.25) is 0 Å². The molecule has 0 radical (unpaired) electrons. The molecule has 0 spiro atoms. The highest BCUT2D eigenvalue weighted by Crippen LogP contribution is 2.17. The van der Waals surface area contributed by atoms with Gasteiger partial charge in [-0.05, 0) is 35.0 Å². The molecule has 144 valence electrons. The Labute approximate surface area is 168 Å². The number of aromatic nitrogens is 1. The van der Waals surface area contributed by atoms with Crippen LogP contribution in [0.4, 0.5) is 0 Å². The van der Waals surface area contributed by atoms with Crippen LogP contribution in [0.5, 0.6) is 0 Å². The minimum Gasteiger partial charge on any atom is -0.467 e. The zero-order valence-electron chi connectivity index (χ0n) is 16.0. The molecule has 0 aliphatic heterocycles. The van der Waals surface area contributed by atoms with E-state index in [4.69, 9.17) is 4.74 Å². The van der Waals surface area contributed by atoms with E-state index in [1.54, 1.807) is 6.07 Å². The molecule has 0 fully saturated rings. The average molecular weight is 384 g/mol. The molecular weight excluding hydrogens is 364 g/mol. The third-order valence-corrected chi connectivity index (χ3v) is 4.87. The first-order valence-corrected chi connectivity index (χ1v) is 9.36. The van der Waals surface area contributed by atoms with Crippen molar-refractivity contribution in [2.24, 2.45) is 0 Å². The molecule has 0 bridgehead atoms.